The minimum absolute atomic E-state index is 0.174. The Kier molecular flexibility index (Phi) is 17.3. The molecule has 0 radical (unpaired) electrons. The van der Waals surface area contributed by atoms with Gasteiger partial charge >= 0.3 is 19.8 Å². The lowest BCUT2D eigenvalue weighted by atomic mass is 10.2. The lowest BCUT2D eigenvalue weighted by Gasteiger charge is -2.21. The fourth-order valence-corrected chi connectivity index (χ4v) is 3.28. The average Bonchev–Trinajstić information content (AvgIpc) is 2.73. The number of ketones is 1. The van der Waals surface area contributed by atoms with Crippen LogP contribution in [0.15, 0.2) is 0 Å². The first kappa shape index (κ1) is 30.6. The van der Waals surface area contributed by atoms with E-state index < -0.39 is 38.5 Å². The molecule has 0 rings (SSSR count). The third kappa shape index (κ3) is 16.3. The van der Waals surface area contributed by atoms with E-state index in [1.54, 1.807) is 0 Å². The highest BCUT2D eigenvalue weighted by molar-refractivity contribution is 7.47. The number of phosphoric ester groups is 1. The molecule has 0 saturated heterocycles. The summed E-state index contributed by atoms with van der Waals surface area (Å²) in [5.41, 5.74) is 5.41. The first-order valence-corrected chi connectivity index (χ1v) is 12.5. The number of ether oxygens (including phenoxy) is 2. The summed E-state index contributed by atoms with van der Waals surface area (Å²) >= 11 is 0. The first-order valence-electron chi connectivity index (χ1n) is 11.0. The van der Waals surface area contributed by atoms with Gasteiger partial charge in [-0.2, -0.15) is 0 Å². The first-order chi connectivity index (χ1) is 15.1. The Hall–Kier alpha value is -1.36. The van der Waals surface area contributed by atoms with Crippen LogP contribution in [0, 0.1) is 0 Å². The van der Waals surface area contributed by atoms with Crippen molar-refractivity contribution in [3.63, 3.8) is 0 Å². The third-order valence-electron chi connectivity index (χ3n) is 4.46. The van der Waals surface area contributed by atoms with Crippen molar-refractivity contribution in [3.05, 3.63) is 0 Å². The molecule has 0 aromatic heterocycles. The van der Waals surface area contributed by atoms with Crippen LogP contribution in [0.5, 0.6) is 0 Å². The zero-order valence-electron chi connectivity index (χ0n) is 19.4. The standard InChI is InChI=1S/C20H39N2O9P/c1-4-5-7-11-20(25)31-17(13-28-19(24)10-8-6-9-12-21)14-29-32(26,27)30-15-18(22-3)16(2)23/h17-18,22H,4-15,21H2,1-3H3,(H,26,27)/t17-,18?/m1/s1. The van der Waals surface area contributed by atoms with Gasteiger partial charge in [0.1, 0.15) is 12.4 Å². The molecule has 32 heavy (non-hydrogen) atoms. The van der Waals surface area contributed by atoms with E-state index in [0.29, 0.717) is 19.4 Å². The Morgan fingerprint density at radius 3 is 2.19 bits per heavy atom. The number of hydrogen-bond acceptors (Lipinski definition) is 10. The van der Waals surface area contributed by atoms with Crippen LogP contribution < -0.4 is 11.1 Å². The fraction of sp³-hybridized carbons (Fsp3) is 0.850. The predicted octanol–water partition coefficient (Wildman–Crippen LogP) is 1.85. The second kappa shape index (κ2) is 18.1. The average molecular weight is 483 g/mol. The summed E-state index contributed by atoms with van der Waals surface area (Å²) in [5, 5.41) is 2.65. The van der Waals surface area contributed by atoms with Crippen LogP contribution in [0.25, 0.3) is 0 Å². The summed E-state index contributed by atoms with van der Waals surface area (Å²) in [5.74, 6) is -1.27. The quantitative estimate of drug-likeness (QED) is 0.132. The number of nitrogens with two attached hydrogens (primary N) is 1. The number of rotatable bonds is 20. The second-order valence-electron chi connectivity index (χ2n) is 7.36. The van der Waals surface area contributed by atoms with Crippen LogP contribution in [0.2, 0.25) is 0 Å². The van der Waals surface area contributed by atoms with Gasteiger partial charge in [-0.25, -0.2) is 4.57 Å². The molecule has 0 aromatic rings. The highest BCUT2D eigenvalue weighted by atomic mass is 31.2. The minimum atomic E-state index is -4.53. The largest absolute Gasteiger partial charge is 0.472 e. The van der Waals surface area contributed by atoms with E-state index in [2.05, 4.69) is 5.32 Å². The van der Waals surface area contributed by atoms with Crippen LogP contribution >= 0.6 is 7.82 Å². The number of likely N-dealkylation sites (N-methyl/N-ethyl adjacent to an activating group) is 1. The number of nitrogens with one attached hydrogen (secondary N) is 1. The number of carbonyl (C=O) groups is 3. The molecular formula is C20H39N2O9P. The maximum absolute atomic E-state index is 12.1. The second-order valence-corrected chi connectivity index (χ2v) is 8.82. The molecule has 12 heteroatoms. The van der Waals surface area contributed by atoms with Gasteiger partial charge in [0, 0.05) is 12.8 Å². The van der Waals surface area contributed by atoms with Gasteiger partial charge in [0.25, 0.3) is 0 Å². The number of esters is 2. The minimum Gasteiger partial charge on any atom is -0.462 e. The van der Waals surface area contributed by atoms with Crippen LogP contribution in [-0.4, -0.2) is 68.2 Å². The molecule has 188 valence electrons. The van der Waals surface area contributed by atoms with Gasteiger partial charge in [-0.3, -0.25) is 23.4 Å². The molecule has 0 aromatic carbocycles. The van der Waals surface area contributed by atoms with E-state index in [1.165, 1.54) is 14.0 Å². The molecule has 0 spiro atoms. The highest BCUT2D eigenvalue weighted by Crippen LogP contribution is 2.43. The normalized spacial score (nSPS) is 14.9. The summed E-state index contributed by atoms with van der Waals surface area (Å²) in [4.78, 5) is 45.1. The molecule has 0 saturated carbocycles. The van der Waals surface area contributed by atoms with Crippen molar-refractivity contribution in [1.29, 1.82) is 0 Å². The topological polar surface area (TPSA) is 163 Å². The van der Waals surface area contributed by atoms with Gasteiger partial charge in [-0.15, -0.1) is 0 Å². The molecular weight excluding hydrogens is 443 g/mol. The van der Waals surface area contributed by atoms with Crippen molar-refractivity contribution in [3.8, 4) is 0 Å². The Bertz CT molecular complexity index is 604. The number of carbonyl (C=O) groups excluding carboxylic acids is 3. The Labute approximate surface area is 190 Å². The maximum Gasteiger partial charge on any atom is 0.472 e. The van der Waals surface area contributed by atoms with Crippen molar-refractivity contribution in [2.45, 2.75) is 77.4 Å². The van der Waals surface area contributed by atoms with E-state index in [-0.39, 0.29) is 31.8 Å². The van der Waals surface area contributed by atoms with Gasteiger partial charge in [0.2, 0.25) is 0 Å². The molecule has 0 heterocycles. The van der Waals surface area contributed by atoms with E-state index in [1.807, 2.05) is 6.92 Å². The van der Waals surface area contributed by atoms with Crippen LogP contribution in [-0.2, 0) is 37.5 Å². The van der Waals surface area contributed by atoms with Crippen LogP contribution in [0.4, 0.5) is 0 Å². The molecule has 0 aliphatic rings. The molecule has 0 aliphatic heterocycles. The van der Waals surface area contributed by atoms with Gasteiger partial charge < -0.3 is 25.4 Å². The molecule has 2 unspecified atom stereocenters. The van der Waals surface area contributed by atoms with Crippen LogP contribution in [0.1, 0.15) is 65.2 Å². The lowest BCUT2D eigenvalue weighted by Crippen LogP contribution is -2.36. The summed E-state index contributed by atoms with van der Waals surface area (Å²) in [6, 6.07) is -0.772. The molecule has 11 nitrogen and oxygen atoms in total. The van der Waals surface area contributed by atoms with E-state index in [4.69, 9.17) is 24.3 Å². The van der Waals surface area contributed by atoms with Crippen molar-refractivity contribution in [2.24, 2.45) is 5.73 Å². The fourth-order valence-electron chi connectivity index (χ4n) is 2.52. The van der Waals surface area contributed by atoms with E-state index in [9.17, 15) is 23.8 Å². The zero-order valence-corrected chi connectivity index (χ0v) is 20.3. The molecule has 4 N–H and O–H groups in total. The zero-order chi connectivity index (χ0) is 24.4. The number of unbranched alkanes of at least 4 members (excludes halogenated alkanes) is 4. The van der Waals surface area contributed by atoms with E-state index in [0.717, 1.165) is 25.7 Å². The molecule has 0 fully saturated rings. The smallest absolute Gasteiger partial charge is 0.462 e. The van der Waals surface area contributed by atoms with Crippen molar-refractivity contribution < 1.29 is 42.4 Å². The summed E-state index contributed by atoms with van der Waals surface area (Å²) in [6.07, 6.45) is 3.94. The Morgan fingerprint density at radius 2 is 1.59 bits per heavy atom. The van der Waals surface area contributed by atoms with Gasteiger partial charge in [0.15, 0.2) is 6.10 Å². The number of phosphoric acid groups is 1. The summed E-state index contributed by atoms with van der Waals surface area (Å²) in [6.45, 7) is 2.65. The van der Waals surface area contributed by atoms with Crippen molar-refractivity contribution in [2.75, 3.05) is 33.4 Å². The molecule has 0 amide bonds. The lowest BCUT2D eigenvalue weighted by molar-refractivity contribution is -0.161. The number of Topliss-reactive ketones (excluding diaryl/α,β-unsaturated/α-hetero) is 1. The Balaban J connectivity index is 4.73. The third-order valence-corrected chi connectivity index (χ3v) is 5.42. The summed E-state index contributed by atoms with van der Waals surface area (Å²) in [7, 11) is -3.02. The predicted molar refractivity (Wildman–Crippen MR) is 118 cm³/mol. The van der Waals surface area contributed by atoms with E-state index >= 15 is 0 Å². The van der Waals surface area contributed by atoms with Crippen molar-refractivity contribution >= 4 is 25.5 Å². The van der Waals surface area contributed by atoms with Gasteiger partial charge in [-0.05, 0) is 39.8 Å². The SMILES string of the molecule is CCCCCC(=O)O[C@H](COC(=O)CCCCCN)COP(=O)(O)OCC(NC)C(C)=O. The van der Waals surface area contributed by atoms with Crippen LogP contribution in [0.3, 0.4) is 0 Å². The van der Waals surface area contributed by atoms with Crippen molar-refractivity contribution in [1.82, 2.24) is 5.32 Å². The van der Waals surface area contributed by atoms with Gasteiger partial charge in [0.05, 0.1) is 19.3 Å². The monoisotopic (exact) mass is 482 g/mol. The van der Waals surface area contributed by atoms with Gasteiger partial charge in [-0.1, -0.05) is 26.2 Å². The highest BCUT2D eigenvalue weighted by Gasteiger charge is 2.28. The molecule has 0 aliphatic carbocycles. The Morgan fingerprint density at radius 1 is 0.969 bits per heavy atom. The molecule has 3 atom stereocenters. The summed E-state index contributed by atoms with van der Waals surface area (Å²) < 4.78 is 32.2. The maximum atomic E-state index is 12.1. The molecule has 0 bridgehead atoms. The number of hydrogen-bond donors (Lipinski definition) is 3.